The molecule has 0 radical (unpaired) electrons. The van der Waals surface area contributed by atoms with E-state index < -0.39 is 5.97 Å². The van der Waals surface area contributed by atoms with Crippen molar-refractivity contribution >= 4 is 22.4 Å². The molecule has 2 heterocycles. The Hall–Kier alpha value is -1.14. The molecule has 1 fully saturated rings. The highest BCUT2D eigenvalue weighted by atomic mass is 32.1. The van der Waals surface area contributed by atoms with Gasteiger partial charge in [0.15, 0.2) is 5.13 Å². The Morgan fingerprint density at radius 2 is 1.90 bits per heavy atom. The summed E-state index contributed by atoms with van der Waals surface area (Å²) in [5, 5.41) is 10.0. The van der Waals surface area contributed by atoms with Gasteiger partial charge in [0, 0.05) is 13.1 Å². The molecule has 0 bridgehead atoms. The van der Waals surface area contributed by atoms with Gasteiger partial charge in [0.2, 0.25) is 0 Å². The SMILES string of the molecule is CCc1nc(N2CC(C)(C)OC(C)(C)C2)sc1C(=O)O. The number of hydrogen-bond donors (Lipinski definition) is 1. The Kier molecular flexibility index (Phi) is 3.81. The van der Waals surface area contributed by atoms with E-state index in [4.69, 9.17) is 4.74 Å². The van der Waals surface area contributed by atoms with Crippen LogP contribution in [0.25, 0.3) is 0 Å². The highest BCUT2D eigenvalue weighted by Crippen LogP contribution is 2.34. The Labute approximate surface area is 123 Å². The molecule has 1 aromatic rings. The van der Waals surface area contributed by atoms with Crippen LogP contribution in [0.4, 0.5) is 5.13 Å². The van der Waals surface area contributed by atoms with Gasteiger partial charge in [-0.3, -0.25) is 0 Å². The summed E-state index contributed by atoms with van der Waals surface area (Å²) in [4.78, 5) is 18.3. The van der Waals surface area contributed by atoms with E-state index in [1.165, 1.54) is 11.3 Å². The third-order valence-corrected chi connectivity index (χ3v) is 4.33. The zero-order valence-corrected chi connectivity index (χ0v) is 13.5. The Bertz CT molecular complexity index is 506. The fourth-order valence-electron chi connectivity index (χ4n) is 2.80. The number of carboxylic acid groups (broad SMARTS) is 1. The molecule has 0 spiro atoms. The van der Waals surface area contributed by atoms with Crippen LogP contribution in [0.3, 0.4) is 0 Å². The largest absolute Gasteiger partial charge is 0.477 e. The van der Waals surface area contributed by atoms with Gasteiger partial charge in [-0.05, 0) is 34.1 Å². The van der Waals surface area contributed by atoms with Gasteiger partial charge in [-0.2, -0.15) is 0 Å². The van der Waals surface area contributed by atoms with Gasteiger partial charge in [-0.15, -0.1) is 0 Å². The molecule has 0 aromatic carbocycles. The molecule has 0 aliphatic carbocycles. The van der Waals surface area contributed by atoms with Crippen LogP contribution >= 0.6 is 11.3 Å². The summed E-state index contributed by atoms with van der Waals surface area (Å²) in [6.07, 6.45) is 0.634. The van der Waals surface area contributed by atoms with Crippen LogP contribution in [0.15, 0.2) is 0 Å². The van der Waals surface area contributed by atoms with Crippen molar-refractivity contribution in [1.29, 1.82) is 0 Å². The topological polar surface area (TPSA) is 62.7 Å². The van der Waals surface area contributed by atoms with Crippen molar-refractivity contribution in [2.24, 2.45) is 0 Å². The predicted octanol–water partition coefficient (Wildman–Crippen LogP) is 2.80. The van der Waals surface area contributed by atoms with Gasteiger partial charge < -0.3 is 14.7 Å². The lowest BCUT2D eigenvalue weighted by atomic mass is 9.99. The monoisotopic (exact) mass is 298 g/mol. The van der Waals surface area contributed by atoms with E-state index in [-0.39, 0.29) is 11.2 Å². The smallest absolute Gasteiger partial charge is 0.347 e. The normalized spacial score (nSPS) is 20.9. The molecule has 2 rings (SSSR count). The van der Waals surface area contributed by atoms with E-state index in [1.807, 2.05) is 34.6 Å². The van der Waals surface area contributed by atoms with Crippen molar-refractivity contribution in [3.8, 4) is 0 Å². The zero-order valence-electron chi connectivity index (χ0n) is 12.7. The third-order valence-electron chi connectivity index (χ3n) is 3.18. The molecule has 1 aromatic heterocycles. The zero-order chi connectivity index (χ0) is 15.1. The first-order chi connectivity index (χ1) is 9.13. The molecule has 1 N–H and O–H groups in total. The first-order valence-corrected chi connectivity index (χ1v) is 7.63. The number of hydrogen-bond acceptors (Lipinski definition) is 5. The molecule has 0 saturated carbocycles. The minimum Gasteiger partial charge on any atom is -0.477 e. The standard InChI is InChI=1S/C14H22N2O3S/c1-6-9-10(11(17)18)20-12(15-9)16-7-13(2,3)19-14(4,5)8-16/h6-8H2,1-5H3,(H,17,18). The second kappa shape index (κ2) is 5.00. The fourth-order valence-corrected chi connectivity index (χ4v) is 3.80. The van der Waals surface area contributed by atoms with Crippen LogP contribution < -0.4 is 4.90 Å². The number of aryl methyl sites for hydroxylation is 1. The van der Waals surface area contributed by atoms with E-state index in [0.717, 1.165) is 5.13 Å². The minimum atomic E-state index is -0.891. The number of morpholine rings is 1. The van der Waals surface area contributed by atoms with Gasteiger partial charge >= 0.3 is 5.97 Å². The van der Waals surface area contributed by atoms with Crippen molar-refractivity contribution < 1.29 is 14.6 Å². The lowest BCUT2D eigenvalue weighted by molar-refractivity contribution is -0.133. The van der Waals surface area contributed by atoms with Crippen LogP contribution in [0.1, 0.15) is 50.0 Å². The summed E-state index contributed by atoms with van der Waals surface area (Å²) in [6.45, 7) is 11.6. The Morgan fingerprint density at radius 1 is 1.35 bits per heavy atom. The van der Waals surface area contributed by atoms with Crippen molar-refractivity contribution in [1.82, 2.24) is 4.98 Å². The van der Waals surface area contributed by atoms with Crippen molar-refractivity contribution in [3.63, 3.8) is 0 Å². The summed E-state index contributed by atoms with van der Waals surface area (Å²) >= 11 is 1.26. The average Bonchev–Trinajstić information content (AvgIpc) is 2.68. The summed E-state index contributed by atoms with van der Waals surface area (Å²) in [5.74, 6) is -0.891. The number of carbonyl (C=O) groups is 1. The first kappa shape index (κ1) is 15.3. The maximum atomic E-state index is 11.3. The number of nitrogens with zero attached hydrogens (tertiary/aromatic N) is 2. The summed E-state index contributed by atoms with van der Waals surface area (Å²) in [5.41, 5.74) is 0.117. The number of thiazole rings is 1. The molecule has 0 amide bonds. The molecule has 20 heavy (non-hydrogen) atoms. The molecule has 0 atom stereocenters. The Balaban J connectivity index is 2.33. The second-order valence-corrected chi connectivity index (χ2v) is 7.39. The molecule has 112 valence electrons. The lowest BCUT2D eigenvalue weighted by Crippen LogP contribution is -2.57. The molecule has 1 aliphatic rings. The minimum absolute atomic E-state index is 0.275. The predicted molar refractivity (Wildman–Crippen MR) is 79.9 cm³/mol. The molecular formula is C14H22N2O3S. The maximum absolute atomic E-state index is 11.3. The van der Waals surface area contributed by atoms with Crippen molar-refractivity contribution in [2.45, 2.75) is 52.2 Å². The lowest BCUT2D eigenvalue weighted by Gasteiger charge is -2.47. The highest BCUT2D eigenvalue weighted by molar-refractivity contribution is 7.17. The highest BCUT2D eigenvalue weighted by Gasteiger charge is 2.39. The molecule has 1 aliphatic heterocycles. The Morgan fingerprint density at radius 3 is 2.30 bits per heavy atom. The van der Waals surface area contributed by atoms with Crippen molar-refractivity contribution in [3.05, 3.63) is 10.6 Å². The summed E-state index contributed by atoms with van der Waals surface area (Å²) in [7, 11) is 0. The quantitative estimate of drug-likeness (QED) is 0.929. The van der Waals surface area contributed by atoms with Gasteiger partial charge in [-0.25, -0.2) is 9.78 Å². The van der Waals surface area contributed by atoms with E-state index in [9.17, 15) is 9.90 Å². The number of rotatable bonds is 3. The number of ether oxygens (including phenoxy) is 1. The summed E-state index contributed by atoms with van der Waals surface area (Å²) in [6, 6.07) is 0. The van der Waals surface area contributed by atoms with Crippen LogP contribution in [0.2, 0.25) is 0 Å². The third kappa shape index (κ3) is 3.12. The fraction of sp³-hybridized carbons (Fsp3) is 0.714. The molecule has 0 unspecified atom stereocenters. The van der Waals surface area contributed by atoms with E-state index in [0.29, 0.717) is 30.1 Å². The van der Waals surface area contributed by atoms with Gasteiger partial charge in [0.05, 0.1) is 16.9 Å². The number of aromatic nitrogens is 1. The van der Waals surface area contributed by atoms with Crippen LogP contribution in [0, 0.1) is 0 Å². The maximum Gasteiger partial charge on any atom is 0.347 e. The molecule has 1 saturated heterocycles. The molecule has 6 heteroatoms. The van der Waals surface area contributed by atoms with Crippen LogP contribution in [-0.2, 0) is 11.2 Å². The van der Waals surface area contributed by atoms with Crippen LogP contribution in [-0.4, -0.2) is 40.4 Å². The van der Waals surface area contributed by atoms with Gasteiger partial charge in [0.1, 0.15) is 4.88 Å². The average molecular weight is 298 g/mol. The number of aromatic carboxylic acids is 1. The van der Waals surface area contributed by atoms with Crippen molar-refractivity contribution in [2.75, 3.05) is 18.0 Å². The van der Waals surface area contributed by atoms with E-state index in [1.54, 1.807) is 0 Å². The first-order valence-electron chi connectivity index (χ1n) is 6.82. The van der Waals surface area contributed by atoms with Gasteiger partial charge in [-0.1, -0.05) is 18.3 Å². The van der Waals surface area contributed by atoms with E-state index >= 15 is 0 Å². The number of carboxylic acids is 1. The second-order valence-electron chi connectivity index (χ2n) is 6.41. The molecule has 5 nitrogen and oxygen atoms in total. The molecular weight excluding hydrogens is 276 g/mol. The van der Waals surface area contributed by atoms with Crippen LogP contribution in [0.5, 0.6) is 0 Å². The number of anilines is 1. The summed E-state index contributed by atoms with van der Waals surface area (Å²) < 4.78 is 6.04. The van der Waals surface area contributed by atoms with E-state index in [2.05, 4.69) is 9.88 Å². The van der Waals surface area contributed by atoms with Gasteiger partial charge in [0.25, 0.3) is 0 Å².